The van der Waals surface area contributed by atoms with E-state index < -0.39 is 21.8 Å². The number of alkyl halides is 3. The third-order valence-electron chi connectivity index (χ3n) is 2.99. The predicted octanol–water partition coefficient (Wildman–Crippen LogP) is 1.16. The maximum Gasteiger partial charge on any atom is 0.451 e. The number of anilines is 2. The van der Waals surface area contributed by atoms with Crippen LogP contribution < -0.4 is 10.2 Å². The van der Waals surface area contributed by atoms with Crippen molar-refractivity contribution in [1.29, 1.82) is 0 Å². The van der Waals surface area contributed by atoms with Gasteiger partial charge in [0.25, 0.3) is 0 Å². The van der Waals surface area contributed by atoms with E-state index in [1.54, 1.807) is 6.92 Å². The fraction of sp³-hybridized carbons (Fsp3) is 0.636. The molecule has 0 atom stereocenters. The van der Waals surface area contributed by atoms with Crippen molar-refractivity contribution in [2.75, 3.05) is 41.4 Å². The number of nitrogens with zero attached hydrogens (tertiary/aromatic N) is 3. The third kappa shape index (κ3) is 3.96. The summed E-state index contributed by atoms with van der Waals surface area (Å²) in [6.45, 7) is 2.41. The first-order chi connectivity index (χ1) is 9.71. The molecule has 2 heterocycles. The highest BCUT2D eigenvalue weighted by atomic mass is 32.2. The molecule has 0 unspecified atom stereocenters. The lowest BCUT2D eigenvalue weighted by Gasteiger charge is -2.28. The van der Waals surface area contributed by atoms with E-state index in [1.165, 1.54) is 11.0 Å². The van der Waals surface area contributed by atoms with Crippen LogP contribution in [0.25, 0.3) is 0 Å². The van der Waals surface area contributed by atoms with Gasteiger partial charge in [-0.3, -0.25) is 0 Å². The molecule has 1 aromatic rings. The summed E-state index contributed by atoms with van der Waals surface area (Å²) in [5.74, 6) is -1.25. The van der Waals surface area contributed by atoms with Crippen LogP contribution in [0.1, 0.15) is 12.7 Å². The van der Waals surface area contributed by atoms with Crippen molar-refractivity contribution in [3.8, 4) is 0 Å². The number of nitrogens with one attached hydrogen (secondary N) is 1. The highest BCUT2D eigenvalue weighted by Gasteiger charge is 2.36. The van der Waals surface area contributed by atoms with Crippen molar-refractivity contribution >= 4 is 21.5 Å². The second-order valence-electron chi connectivity index (χ2n) is 4.60. The zero-order valence-electron chi connectivity index (χ0n) is 11.3. The van der Waals surface area contributed by atoms with E-state index in [-0.39, 0.29) is 36.2 Å². The fourth-order valence-electron chi connectivity index (χ4n) is 1.94. The summed E-state index contributed by atoms with van der Waals surface area (Å²) >= 11 is 0. The van der Waals surface area contributed by atoms with E-state index in [9.17, 15) is 21.6 Å². The van der Waals surface area contributed by atoms with E-state index in [2.05, 4.69) is 15.3 Å². The minimum absolute atomic E-state index is 0.0725. The van der Waals surface area contributed by atoms with E-state index in [4.69, 9.17) is 0 Å². The number of halogens is 3. The van der Waals surface area contributed by atoms with Crippen LogP contribution in [0, 0.1) is 0 Å². The van der Waals surface area contributed by atoms with Crippen LogP contribution in [-0.4, -0.2) is 49.5 Å². The van der Waals surface area contributed by atoms with Crippen LogP contribution in [0.15, 0.2) is 6.07 Å². The van der Waals surface area contributed by atoms with Gasteiger partial charge < -0.3 is 10.2 Å². The quantitative estimate of drug-likeness (QED) is 0.899. The van der Waals surface area contributed by atoms with Gasteiger partial charge in [-0.25, -0.2) is 18.4 Å². The highest BCUT2D eigenvalue weighted by Crippen LogP contribution is 2.29. The summed E-state index contributed by atoms with van der Waals surface area (Å²) in [5.41, 5.74) is 0. The second kappa shape index (κ2) is 5.66. The molecule has 0 spiro atoms. The summed E-state index contributed by atoms with van der Waals surface area (Å²) in [4.78, 5) is 8.47. The topological polar surface area (TPSA) is 75.2 Å². The van der Waals surface area contributed by atoms with Crippen LogP contribution >= 0.6 is 0 Å². The van der Waals surface area contributed by atoms with Crippen LogP contribution in [-0.2, 0) is 16.0 Å². The smallest absolute Gasteiger partial charge is 0.370 e. The van der Waals surface area contributed by atoms with Crippen molar-refractivity contribution in [2.24, 2.45) is 0 Å². The maximum absolute atomic E-state index is 12.8. The molecule has 6 nitrogen and oxygen atoms in total. The van der Waals surface area contributed by atoms with E-state index in [0.717, 1.165) is 0 Å². The summed E-state index contributed by atoms with van der Waals surface area (Å²) in [6, 6.07) is 1.40. The Kier molecular flexibility index (Phi) is 4.26. The SMILES string of the molecule is CCNc1cc(N2CCS(=O)(=O)CC2)nc(C(F)(F)F)n1. The summed E-state index contributed by atoms with van der Waals surface area (Å²) in [5, 5.41) is 2.72. The third-order valence-corrected chi connectivity index (χ3v) is 4.60. The maximum atomic E-state index is 12.8. The molecule has 0 aliphatic carbocycles. The molecule has 10 heteroatoms. The molecule has 1 aliphatic heterocycles. The Hall–Kier alpha value is -1.58. The molecule has 118 valence electrons. The summed E-state index contributed by atoms with van der Waals surface area (Å²) in [7, 11) is -3.11. The van der Waals surface area contributed by atoms with Crippen molar-refractivity contribution in [1.82, 2.24) is 9.97 Å². The van der Waals surface area contributed by atoms with Gasteiger partial charge in [-0.2, -0.15) is 13.2 Å². The Balaban J connectivity index is 2.32. The van der Waals surface area contributed by atoms with Gasteiger partial charge in [-0.05, 0) is 6.92 Å². The predicted molar refractivity (Wildman–Crippen MR) is 72.1 cm³/mol. The van der Waals surface area contributed by atoms with Gasteiger partial charge in [0.1, 0.15) is 11.6 Å². The molecule has 0 radical (unpaired) electrons. The first-order valence-electron chi connectivity index (χ1n) is 6.37. The minimum Gasteiger partial charge on any atom is -0.370 e. The van der Waals surface area contributed by atoms with Gasteiger partial charge >= 0.3 is 6.18 Å². The number of sulfone groups is 1. The molecule has 1 fully saturated rings. The molecule has 21 heavy (non-hydrogen) atoms. The molecule has 1 saturated heterocycles. The molecule has 0 saturated carbocycles. The number of hydrogen-bond donors (Lipinski definition) is 1. The first kappa shape index (κ1) is 15.8. The van der Waals surface area contributed by atoms with E-state index >= 15 is 0 Å². The van der Waals surface area contributed by atoms with Crippen molar-refractivity contribution in [2.45, 2.75) is 13.1 Å². The minimum atomic E-state index is -4.65. The fourth-order valence-corrected chi connectivity index (χ4v) is 3.14. The molecular formula is C11H15F3N4O2S. The molecule has 1 aliphatic rings. The average Bonchev–Trinajstić information content (AvgIpc) is 2.37. The van der Waals surface area contributed by atoms with Gasteiger partial charge in [0.2, 0.25) is 5.82 Å². The van der Waals surface area contributed by atoms with Crippen molar-refractivity contribution in [3.05, 3.63) is 11.9 Å². The zero-order valence-corrected chi connectivity index (χ0v) is 12.1. The average molecular weight is 324 g/mol. The van der Waals surface area contributed by atoms with E-state index in [1.807, 2.05) is 0 Å². The Morgan fingerprint density at radius 2 is 1.90 bits per heavy atom. The Morgan fingerprint density at radius 3 is 2.43 bits per heavy atom. The zero-order chi connectivity index (χ0) is 15.7. The lowest BCUT2D eigenvalue weighted by molar-refractivity contribution is -0.144. The van der Waals surface area contributed by atoms with Gasteiger partial charge in [-0.15, -0.1) is 0 Å². The van der Waals surface area contributed by atoms with Gasteiger partial charge in [0.15, 0.2) is 9.84 Å². The largest absolute Gasteiger partial charge is 0.451 e. The Morgan fingerprint density at radius 1 is 1.29 bits per heavy atom. The van der Waals surface area contributed by atoms with E-state index in [0.29, 0.717) is 6.54 Å². The first-order valence-corrected chi connectivity index (χ1v) is 8.19. The van der Waals surface area contributed by atoms with Crippen molar-refractivity contribution in [3.63, 3.8) is 0 Å². The molecule has 1 N–H and O–H groups in total. The molecule has 2 rings (SSSR count). The lowest BCUT2D eigenvalue weighted by atomic mass is 10.4. The molecule has 1 aromatic heterocycles. The second-order valence-corrected chi connectivity index (χ2v) is 6.91. The highest BCUT2D eigenvalue weighted by molar-refractivity contribution is 7.91. The number of hydrogen-bond acceptors (Lipinski definition) is 6. The Labute approximate surface area is 120 Å². The van der Waals surface area contributed by atoms with Crippen LogP contribution in [0.4, 0.5) is 24.8 Å². The van der Waals surface area contributed by atoms with Crippen LogP contribution in [0.2, 0.25) is 0 Å². The molecule has 0 aromatic carbocycles. The Bertz CT molecular complexity index is 604. The van der Waals surface area contributed by atoms with Crippen LogP contribution in [0.5, 0.6) is 0 Å². The summed E-state index contributed by atoms with van der Waals surface area (Å²) < 4.78 is 61.2. The van der Waals surface area contributed by atoms with Gasteiger partial charge in [0, 0.05) is 25.7 Å². The monoisotopic (exact) mass is 324 g/mol. The normalized spacial score (nSPS) is 18.6. The number of aromatic nitrogens is 2. The standard InChI is InChI=1S/C11H15F3N4O2S/c1-2-15-8-7-9(17-10(16-8)11(12,13)14)18-3-5-21(19,20)6-4-18/h7H,2-6H2,1H3,(H,15,16,17). The lowest BCUT2D eigenvalue weighted by Crippen LogP contribution is -2.41. The summed E-state index contributed by atoms with van der Waals surface area (Å²) in [6.07, 6.45) is -4.65. The van der Waals surface area contributed by atoms with Crippen LogP contribution in [0.3, 0.4) is 0 Å². The molecular weight excluding hydrogens is 309 g/mol. The van der Waals surface area contributed by atoms with Crippen molar-refractivity contribution < 1.29 is 21.6 Å². The van der Waals surface area contributed by atoms with Gasteiger partial charge in [0.05, 0.1) is 11.5 Å². The van der Waals surface area contributed by atoms with Gasteiger partial charge in [-0.1, -0.05) is 0 Å². The number of rotatable bonds is 3. The molecule has 0 amide bonds. The molecule has 0 bridgehead atoms.